The van der Waals surface area contributed by atoms with Gasteiger partial charge in [-0.05, 0) is 46.9 Å². The van der Waals surface area contributed by atoms with Crippen molar-refractivity contribution in [3.05, 3.63) is 50.4 Å². The molecule has 2 nitrogen and oxygen atoms in total. The van der Waals surface area contributed by atoms with E-state index in [0.717, 1.165) is 21.5 Å². The highest BCUT2D eigenvalue weighted by atomic mass is 79.9. The first-order valence-electron chi connectivity index (χ1n) is 6.49. The molecule has 0 amide bonds. The first-order valence-corrected chi connectivity index (χ1v) is 8.16. The predicted octanol–water partition coefficient (Wildman–Crippen LogP) is 4.90. The molecule has 0 radical (unpaired) electrons. The van der Waals surface area contributed by atoms with Gasteiger partial charge in [0.2, 0.25) is 0 Å². The zero-order valence-corrected chi connectivity index (χ0v) is 13.9. The molecule has 0 aliphatic rings. The Bertz CT molecular complexity index is 573. The zero-order valence-electron chi connectivity index (χ0n) is 11.5. The largest absolute Gasteiger partial charge is 0.488 e. The molecule has 108 valence electrons. The molecule has 0 bridgehead atoms. The molecule has 0 saturated carbocycles. The number of thiophene rings is 1. The monoisotopic (exact) mass is 357 g/mol. The van der Waals surface area contributed by atoms with E-state index in [4.69, 9.17) is 4.74 Å². The third-order valence-corrected chi connectivity index (χ3v) is 4.90. The van der Waals surface area contributed by atoms with Crippen molar-refractivity contribution >= 4 is 27.3 Å². The molecule has 0 spiro atoms. The Morgan fingerprint density at radius 3 is 2.85 bits per heavy atom. The summed E-state index contributed by atoms with van der Waals surface area (Å²) in [5.74, 6) is 0.316. The van der Waals surface area contributed by atoms with E-state index in [2.05, 4.69) is 21.2 Å². The molecular formula is C15H17BrFNOS. The molecule has 20 heavy (non-hydrogen) atoms. The minimum atomic E-state index is -0.280. The molecule has 0 fully saturated rings. The van der Waals surface area contributed by atoms with Crippen molar-refractivity contribution in [2.24, 2.45) is 0 Å². The smallest absolute Gasteiger partial charge is 0.127 e. The maximum Gasteiger partial charge on any atom is 0.127 e. The van der Waals surface area contributed by atoms with Crippen LogP contribution in [0, 0.1) is 5.82 Å². The highest BCUT2D eigenvalue weighted by Crippen LogP contribution is 2.29. The SMILES string of the molecule is CCNC(C)c1ccc(F)cc1OCc1sccc1Br. The Morgan fingerprint density at radius 1 is 1.40 bits per heavy atom. The molecule has 1 aromatic heterocycles. The fraction of sp³-hybridized carbons (Fsp3) is 0.333. The van der Waals surface area contributed by atoms with Crippen LogP contribution >= 0.6 is 27.3 Å². The fourth-order valence-electron chi connectivity index (χ4n) is 1.98. The topological polar surface area (TPSA) is 21.3 Å². The molecular weight excluding hydrogens is 341 g/mol. The van der Waals surface area contributed by atoms with Crippen molar-refractivity contribution < 1.29 is 9.13 Å². The summed E-state index contributed by atoms with van der Waals surface area (Å²) in [6.45, 7) is 5.38. The third kappa shape index (κ3) is 3.81. The van der Waals surface area contributed by atoms with Crippen molar-refractivity contribution in [2.45, 2.75) is 26.5 Å². The minimum absolute atomic E-state index is 0.127. The van der Waals surface area contributed by atoms with Gasteiger partial charge in [-0.25, -0.2) is 4.39 Å². The summed E-state index contributed by atoms with van der Waals surface area (Å²) in [5.41, 5.74) is 0.973. The van der Waals surface area contributed by atoms with E-state index in [0.29, 0.717) is 12.4 Å². The average molecular weight is 358 g/mol. The van der Waals surface area contributed by atoms with E-state index in [1.54, 1.807) is 17.4 Å². The quantitative estimate of drug-likeness (QED) is 0.793. The van der Waals surface area contributed by atoms with Gasteiger partial charge in [-0.15, -0.1) is 11.3 Å². The maximum absolute atomic E-state index is 13.4. The summed E-state index contributed by atoms with van der Waals surface area (Å²) in [6, 6.07) is 6.81. The molecule has 5 heteroatoms. The van der Waals surface area contributed by atoms with Gasteiger partial charge in [-0.3, -0.25) is 0 Å². The van der Waals surface area contributed by atoms with Gasteiger partial charge in [0, 0.05) is 22.1 Å². The highest BCUT2D eigenvalue weighted by molar-refractivity contribution is 9.10. The van der Waals surface area contributed by atoms with Gasteiger partial charge in [0.15, 0.2) is 0 Å². The number of nitrogens with one attached hydrogen (secondary N) is 1. The van der Waals surface area contributed by atoms with Gasteiger partial charge in [0.1, 0.15) is 18.2 Å². The number of hydrogen-bond donors (Lipinski definition) is 1. The van der Waals surface area contributed by atoms with Crippen LogP contribution in [0.2, 0.25) is 0 Å². The second-order valence-corrected chi connectivity index (χ2v) is 6.30. The summed E-state index contributed by atoms with van der Waals surface area (Å²) in [6.07, 6.45) is 0. The lowest BCUT2D eigenvalue weighted by Gasteiger charge is -2.17. The first kappa shape index (κ1) is 15.5. The number of halogens is 2. The van der Waals surface area contributed by atoms with Crippen LogP contribution < -0.4 is 10.1 Å². The van der Waals surface area contributed by atoms with E-state index < -0.39 is 0 Å². The van der Waals surface area contributed by atoms with Crippen molar-refractivity contribution in [1.29, 1.82) is 0 Å². The van der Waals surface area contributed by atoms with E-state index in [-0.39, 0.29) is 11.9 Å². The fourth-order valence-corrected chi connectivity index (χ4v) is 3.36. The molecule has 0 aliphatic heterocycles. The van der Waals surface area contributed by atoms with Crippen LogP contribution in [-0.2, 0) is 6.61 Å². The lowest BCUT2D eigenvalue weighted by Crippen LogP contribution is -2.18. The van der Waals surface area contributed by atoms with E-state index in [1.807, 2.05) is 25.3 Å². The van der Waals surface area contributed by atoms with Crippen LogP contribution in [0.15, 0.2) is 34.1 Å². The summed E-state index contributed by atoms with van der Waals surface area (Å²) >= 11 is 5.09. The Labute approximate surface area is 131 Å². The summed E-state index contributed by atoms with van der Waals surface area (Å²) in [7, 11) is 0. The second kappa shape index (κ2) is 7.20. The normalized spacial score (nSPS) is 12.4. The van der Waals surface area contributed by atoms with E-state index >= 15 is 0 Å². The molecule has 2 rings (SSSR count). The maximum atomic E-state index is 13.4. The second-order valence-electron chi connectivity index (χ2n) is 4.44. The van der Waals surface area contributed by atoms with Crippen molar-refractivity contribution in [2.75, 3.05) is 6.54 Å². The van der Waals surface area contributed by atoms with E-state index in [9.17, 15) is 4.39 Å². The van der Waals surface area contributed by atoms with Crippen molar-refractivity contribution in [3.8, 4) is 5.75 Å². The highest BCUT2D eigenvalue weighted by Gasteiger charge is 2.13. The van der Waals surface area contributed by atoms with Gasteiger partial charge < -0.3 is 10.1 Å². The van der Waals surface area contributed by atoms with Crippen LogP contribution in [0.25, 0.3) is 0 Å². The molecule has 1 N–H and O–H groups in total. The lowest BCUT2D eigenvalue weighted by molar-refractivity contribution is 0.301. The number of ether oxygens (including phenoxy) is 1. The summed E-state index contributed by atoms with van der Waals surface area (Å²) in [4.78, 5) is 1.09. The van der Waals surface area contributed by atoms with Crippen LogP contribution in [0.4, 0.5) is 4.39 Å². The van der Waals surface area contributed by atoms with Crippen LogP contribution in [0.3, 0.4) is 0 Å². The minimum Gasteiger partial charge on any atom is -0.488 e. The number of hydrogen-bond acceptors (Lipinski definition) is 3. The van der Waals surface area contributed by atoms with Gasteiger partial charge in [0.05, 0.1) is 4.88 Å². The lowest BCUT2D eigenvalue weighted by atomic mass is 10.1. The Kier molecular flexibility index (Phi) is 5.57. The molecule has 1 unspecified atom stereocenters. The van der Waals surface area contributed by atoms with Gasteiger partial charge in [-0.1, -0.05) is 13.0 Å². The van der Waals surface area contributed by atoms with E-state index in [1.165, 1.54) is 12.1 Å². The number of rotatable bonds is 6. The molecule has 0 aliphatic carbocycles. The summed E-state index contributed by atoms with van der Waals surface area (Å²) < 4.78 is 20.3. The van der Waals surface area contributed by atoms with Gasteiger partial charge >= 0.3 is 0 Å². The van der Waals surface area contributed by atoms with Crippen molar-refractivity contribution in [3.63, 3.8) is 0 Å². The Hall–Kier alpha value is -0.910. The van der Waals surface area contributed by atoms with Crippen molar-refractivity contribution in [1.82, 2.24) is 5.32 Å². The average Bonchev–Trinajstić information content (AvgIpc) is 2.82. The molecule has 0 saturated heterocycles. The van der Waals surface area contributed by atoms with Crippen LogP contribution in [0.1, 0.15) is 30.3 Å². The van der Waals surface area contributed by atoms with Crippen LogP contribution in [0.5, 0.6) is 5.75 Å². The van der Waals surface area contributed by atoms with Crippen LogP contribution in [-0.4, -0.2) is 6.54 Å². The zero-order chi connectivity index (χ0) is 14.5. The Balaban J connectivity index is 2.17. The third-order valence-electron chi connectivity index (χ3n) is 3.00. The molecule has 2 aromatic rings. The molecule has 1 aromatic carbocycles. The predicted molar refractivity (Wildman–Crippen MR) is 84.8 cm³/mol. The summed E-state index contributed by atoms with van der Waals surface area (Å²) in [5, 5.41) is 5.31. The Morgan fingerprint density at radius 2 is 2.20 bits per heavy atom. The standard InChI is InChI=1S/C15H17BrFNOS/c1-3-18-10(2)12-5-4-11(17)8-14(12)19-9-15-13(16)6-7-20-15/h4-8,10,18H,3,9H2,1-2H3. The molecule has 1 atom stereocenters. The number of benzene rings is 1. The molecule has 1 heterocycles. The first-order chi connectivity index (χ1) is 9.61. The van der Waals surface area contributed by atoms with Gasteiger partial charge in [-0.2, -0.15) is 0 Å². The van der Waals surface area contributed by atoms with Gasteiger partial charge in [0.25, 0.3) is 0 Å².